The molecule has 24 heavy (non-hydrogen) atoms. The fraction of sp³-hybridized carbons (Fsp3) is 0. The number of anilines is 1. The second-order valence-electron chi connectivity index (χ2n) is 5.23. The van der Waals surface area contributed by atoms with E-state index in [1.165, 1.54) is 0 Å². The summed E-state index contributed by atoms with van der Waals surface area (Å²) >= 11 is 1.07. The van der Waals surface area contributed by atoms with Crippen LogP contribution in [-0.4, -0.2) is 16.1 Å². The maximum atomic E-state index is 11.4. The highest BCUT2D eigenvalue weighted by Gasteiger charge is 2.21. The molecule has 0 aliphatic rings. The Morgan fingerprint density at radius 2 is 1.96 bits per heavy atom. The molecule has 0 bridgehead atoms. The van der Waals surface area contributed by atoms with Crippen molar-refractivity contribution >= 4 is 33.2 Å². The van der Waals surface area contributed by atoms with Crippen molar-refractivity contribution in [3.8, 4) is 22.6 Å². The highest BCUT2D eigenvalue weighted by Crippen LogP contribution is 2.41. The Morgan fingerprint density at radius 3 is 2.62 bits per heavy atom. The summed E-state index contributed by atoms with van der Waals surface area (Å²) in [4.78, 5) is 16.7. The molecule has 0 unspecified atom stereocenters. The van der Waals surface area contributed by atoms with Crippen LogP contribution in [0, 0.1) is 0 Å². The molecule has 0 radical (unpaired) electrons. The van der Waals surface area contributed by atoms with Crippen LogP contribution in [0.15, 0.2) is 59.2 Å². The second-order valence-corrected chi connectivity index (χ2v) is 6.23. The van der Waals surface area contributed by atoms with Crippen molar-refractivity contribution in [2.75, 3.05) is 5.73 Å². The third-order valence-electron chi connectivity index (χ3n) is 3.75. The monoisotopic (exact) mass is 336 g/mol. The van der Waals surface area contributed by atoms with Crippen LogP contribution >= 0.6 is 11.3 Å². The van der Waals surface area contributed by atoms with Crippen LogP contribution in [0.25, 0.3) is 32.8 Å². The Balaban J connectivity index is 2.07. The van der Waals surface area contributed by atoms with E-state index < -0.39 is 5.97 Å². The van der Waals surface area contributed by atoms with Crippen LogP contribution in [0.4, 0.5) is 5.69 Å². The van der Waals surface area contributed by atoms with E-state index in [9.17, 15) is 9.90 Å². The van der Waals surface area contributed by atoms with Gasteiger partial charge in [-0.05, 0) is 18.2 Å². The van der Waals surface area contributed by atoms with Crippen LogP contribution in [0.5, 0.6) is 0 Å². The third kappa shape index (κ3) is 2.24. The lowest BCUT2D eigenvalue weighted by Gasteiger charge is -2.06. The molecule has 6 heteroatoms. The Hall–Kier alpha value is -3.12. The summed E-state index contributed by atoms with van der Waals surface area (Å²) in [6.07, 6.45) is 1.57. The van der Waals surface area contributed by atoms with Crippen LogP contribution < -0.4 is 5.73 Å². The van der Waals surface area contributed by atoms with E-state index >= 15 is 0 Å². The van der Waals surface area contributed by atoms with E-state index in [0.717, 1.165) is 28.2 Å². The number of nitrogens with two attached hydrogens (primary N) is 1. The second kappa shape index (κ2) is 5.50. The molecule has 0 atom stereocenters. The summed E-state index contributed by atoms with van der Waals surface area (Å²) in [5.74, 6) is -0.428. The molecule has 0 aliphatic heterocycles. The number of benzene rings is 1. The van der Waals surface area contributed by atoms with Crippen LogP contribution in [-0.2, 0) is 0 Å². The van der Waals surface area contributed by atoms with Crippen LogP contribution in [0.1, 0.15) is 9.67 Å². The van der Waals surface area contributed by atoms with Gasteiger partial charge < -0.3 is 15.3 Å². The predicted octanol–water partition coefficient (Wildman–Crippen LogP) is 4.50. The van der Waals surface area contributed by atoms with Crippen molar-refractivity contribution in [1.82, 2.24) is 4.98 Å². The number of nitrogen functional groups attached to an aromatic ring is 1. The zero-order chi connectivity index (χ0) is 16.7. The smallest absolute Gasteiger partial charge is 0.348 e. The maximum absolute atomic E-state index is 11.4. The first kappa shape index (κ1) is 14.5. The molecule has 3 N–H and O–H groups in total. The molecule has 0 fully saturated rings. The van der Waals surface area contributed by atoms with Crippen molar-refractivity contribution in [2.45, 2.75) is 0 Å². The Bertz CT molecular complexity index is 1040. The summed E-state index contributed by atoms with van der Waals surface area (Å²) in [6, 6.07) is 15.2. The molecule has 1 aromatic carbocycles. The minimum Gasteiger partial charge on any atom is -0.477 e. The number of carbonyl (C=O) groups is 1. The molecule has 0 amide bonds. The SMILES string of the molecule is Nc1c(C(=O)O)sc2nc(-c3ccccc3)cc(-c3ccco3)c12. The van der Waals surface area contributed by atoms with Gasteiger partial charge in [0.1, 0.15) is 15.5 Å². The van der Waals surface area contributed by atoms with Crippen molar-refractivity contribution in [3.63, 3.8) is 0 Å². The fourth-order valence-electron chi connectivity index (χ4n) is 2.66. The summed E-state index contributed by atoms with van der Waals surface area (Å²) in [5, 5.41) is 9.97. The van der Waals surface area contributed by atoms with E-state index in [4.69, 9.17) is 10.2 Å². The topological polar surface area (TPSA) is 89.4 Å². The molecular weight excluding hydrogens is 324 g/mol. The maximum Gasteiger partial charge on any atom is 0.348 e. The van der Waals surface area contributed by atoms with Gasteiger partial charge >= 0.3 is 5.97 Å². The summed E-state index contributed by atoms with van der Waals surface area (Å²) in [6.45, 7) is 0. The molecule has 0 spiro atoms. The minimum atomic E-state index is -1.05. The van der Waals surface area contributed by atoms with Gasteiger partial charge in [-0.2, -0.15) is 0 Å². The van der Waals surface area contributed by atoms with Gasteiger partial charge in [0.05, 0.1) is 17.6 Å². The van der Waals surface area contributed by atoms with E-state index in [-0.39, 0.29) is 10.6 Å². The summed E-state index contributed by atoms with van der Waals surface area (Å²) in [7, 11) is 0. The van der Waals surface area contributed by atoms with Crippen molar-refractivity contribution < 1.29 is 14.3 Å². The number of carboxylic acids is 1. The third-order valence-corrected chi connectivity index (χ3v) is 4.84. The number of nitrogens with zero attached hydrogens (tertiary/aromatic N) is 1. The lowest BCUT2D eigenvalue weighted by molar-refractivity contribution is 0.0703. The number of hydrogen-bond donors (Lipinski definition) is 2. The van der Waals surface area contributed by atoms with Gasteiger partial charge in [0.2, 0.25) is 0 Å². The average molecular weight is 336 g/mol. The largest absolute Gasteiger partial charge is 0.477 e. The fourth-order valence-corrected chi connectivity index (χ4v) is 3.62. The first-order valence-electron chi connectivity index (χ1n) is 7.21. The first-order valence-corrected chi connectivity index (χ1v) is 8.02. The quantitative estimate of drug-likeness (QED) is 0.575. The normalized spacial score (nSPS) is 11.0. The Morgan fingerprint density at radius 1 is 1.17 bits per heavy atom. The molecule has 4 aromatic rings. The summed E-state index contributed by atoms with van der Waals surface area (Å²) in [5.41, 5.74) is 8.73. The van der Waals surface area contributed by atoms with E-state index in [0.29, 0.717) is 16.0 Å². The number of pyridine rings is 1. The van der Waals surface area contributed by atoms with Crippen LogP contribution in [0.2, 0.25) is 0 Å². The average Bonchev–Trinajstić information content (AvgIpc) is 3.23. The Labute approximate surface area is 141 Å². The number of aromatic carboxylic acids is 1. The zero-order valence-electron chi connectivity index (χ0n) is 12.4. The molecule has 0 saturated carbocycles. The minimum absolute atomic E-state index is 0.0931. The van der Waals surface area contributed by atoms with Crippen molar-refractivity contribution in [2.24, 2.45) is 0 Å². The van der Waals surface area contributed by atoms with Gasteiger partial charge in [-0.3, -0.25) is 0 Å². The summed E-state index contributed by atoms with van der Waals surface area (Å²) < 4.78 is 5.52. The number of rotatable bonds is 3. The highest BCUT2D eigenvalue weighted by molar-refractivity contribution is 7.21. The molecule has 0 aliphatic carbocycles. The number of thiophene rings is 1. The lowest BCUT2D eigenvalue weighted by Crippen LogP contribution is -1.97. The van der Waals surface area contributed by atoms with Gasteiger partial charge in [0, 0.05) is 16.5 Å². The van der Waals surface area contributed by atoms with Gasteiger partial charge in [0.15, 0.2) is 0 Å². The predicted molar refractivity (Wildman–Crippen MR) is 94.1 cm³/mol. The van der Waals surface area contributed by atoms with Crippen LogP contribution in [0.3, 0.4) is 0 Å². The Kier molecular flexibility index (Phi) is 3.32. The first-order chi connectivity index (χ1) is 11.6. The number of fused-ring (bicyclic) bond motifs is 1. The standard InChI is InChI=1S/C18H12N2O3S/c19-15-14-11(13-7-4-8-23-13)9-12(10-5-2-1-3-6-10)20-17(14)24-16(15)18(21)22/h1-9H,19H2,(H,21,22). The van der Waals surface area contributed by atoms with Gasteiger partial charge in [-0.15, -0.1) is 11.3 Å². The number of carboxylic acid groups (broad SMARTS) is 1. The molecular formula is C18H12N2O3S. The van der Waals surface area contributed by atoms with E-state index in [1.807, 2.05) is 42.5 Å². The number of hydrogen-bond acceptors (Lipinski definition) is 5. The lowest BCUT2D eigenvalue weighted by atomic mass is 10.0. The molecule has 118 valence electrons. The van der Waals surface area contributed by atoms with E-state index in [2.05, 4.69) is 4.98 Å². The zero-order valence-corrected chi connectivity index (χ0v) is 13.2. The molecule has 5 nitrogen and oxygen atoms in total. The molecule has 4 rings (SSSR count). The molecule has 3 aromatic heterocycles. The van der Waals surface area contributed by atoms with Gasteiger partial charge in [0.25, 0.3) is 0 Å². The van der Waals surface area contributed by atoms with Gasteiger partial charge in [-0.25, -0.2) is 9.78 Å². The highest BCUT2D eigenvalue weighted by atomic mass is 32.1. The molecule has 3 heterocycles. The van der Waals surface area contributed by atoms with Gasteiger partial charge in [-0.1, -0.05) is 30.3 Å². The van der Waals surface area contributed by atoms with Crippen molar-refractivity contribution in [3.05, 3.63) is 59.7 Å². The van der Waals surface area contributed by atoms with E-state index in [1.54, 1.807) is 12.3 Å². The number of aromatic nitrogens is 1. The molecule has 0 saturated heterocycles. The van der Waals surface area contributed by atoms with Crippen molar-refractivity contribution in [1.29, 1.82) is 0 Å². The number of furan rings is 1.